The molecule has 0 bridgehead atoms. The number of hydrogen-bond donors (Lipinski definition) is 0. The number of carbonyl (C=O) groups excluding carboxylic acids is 1. The minimum Gasteiger partial charge on any atom is -0.332 e. The summed E-state index contributed by atoms with van der Waals surface area (Å²) < 4.78 is 0. The zero-order chi connectivity index (χ0) is 8.69. The van der Waals surface area contributed by atoms with Crippen LogP contribution in [-0.4, -0.2) is 23.9 Å². The van der Waals surface area contributed by atoms with Gasteiger partial charge in [0.25, 0.3) is 0 Å². The molecule has 0 N–H and O–H groups in total. The highest BCUT2D eigenvalue weighted by atomic mass is 16.1. The van der Waals surface area contributed by atoms with Crippen LogP contribution >= 0.6 is 0 Å². The molecule has 1 atom stereocenters. The third-order valence-corrected chi connectivity index (χ3v) is 1.99. The summed E-state index contributed by atoms with van der Waals surface area (Å²) in [7, 11) is 0. The molecule has 0 aliphatic rings. The molecule has 0 rings (SSSR count). The van der Waals surface area contributed by atoms with Crippen LogP contribution in [0, 0.1) is 0 Å². The zero-order valence-corrected chi connectivity index (χ0v) is 7.76. The highest BCUT2D eigenvalue weighted by molar-refractivity contribution is 5.48. The summed E-state index contributed by atoms with van der Waals surface area (Å²) in [6.45, 7) is 7.02. The second-order valence-corrected chi connectivity index (χ2v) is 2.73. The molecule has 11 heavy (non-hydrogen) atoms. The number of rotatable bonds is 6. The zero-order valence-electron chi connectivity index (χ0n) is 7.76. The molecule has 0 heterocycles. The molecule has 0 aromatic heterocycles. The van der Waals surface area contributed by atoms with E-state index in [4.69, 9.17) is 0 Å². The van der Waals surface area contributed by atoms with E-state index in [-0.39, 0.29) is 0 Å². The second-order valence-electron chi connectivity index (χ2n) is 2.73. The standard InChI is InChI=1S/C9H18NO/c1-4-7-9(5-2)10(6-3)8-11/h9H,4-7H2,1-3H3. The molecule has 0 aliphatic heterocycles. The maximum Gasteiger partial charge on any atom is 0.312 e. The van der Waals surface area contributed by atoms with E-state index in [0.29, 0.717) is 6.04 Å². The Labute approximate surface area is 69.6 Å². The van der Waals surface area contributed by atoms with Gasteiger partial charge < -0.3 is 4.90 Å². The van der Waals surface area contributed by atoms with Crippen molar-refractivity contribution in [2.75, 3.05) is 6.54 Å². The van der Waals surface area contributed by atoms with Crippen molar-refractivity contribution in [3.63, 3.8) is 0 Å². The Bertz CT molecular complexity index is 104. The normalized spacial score (nSPS) is 12.6. The van der Waals surface area contributed by atoms with Crippen LogP contribution in [0.1, 0.15) is 40.0 Å². The van der Waals surface area contributed by atoms with Crippen molar-refractivity contribution in [1.82, 2.24) is 4.90 Å². The number of hydrogen-bond acceptors (Lipinski definition) is 1. The SMILES string of the molecule is CCCC(CC)N([C]=O)CC. The van der Waals surface area contributed by atoms with E-state index in [2.05, 4.69) is 13.8 Å². The summed E-state index contributed by atoms with van der Waals surface area (Å²) in [5.41, 5.74) is 0. The molecule has 2 nitrogen and oxygen atoms in total. The first-order valence-corrected chi connectivity index (χ1v) is 4.44. The molecule has 0 spiro atoms. The Morgan fingerprint density at radius 3 is 2.27 bits per heavy atom. The lowest BCUT2D eigenvalue weighted by molar-refractivity contribution is 0.281. The van der Waals surface area contributed by atoms with Gasteiger partial charge in [-0.2, -0.15) is 0 Å². The van der Waals surface area contributed by atoms with Crippen molar-refractivity contribution in [2.45, 2.75) is 46.1 Å². The van der Waals surface area contributed by atoms with Crippen LogP contribution in [-0.2, 0) is 4.79 Å². The van der Waals surface area contributed by atoms with Crippen molar-refractivity contribution >= 4 is 6.41 Å². The van der Waals surface area contributed by atoms with Gasteiger partial charge in [0.05, 0.1) is 0 Å². The van der Waals surface area contributed by atoms with Crippen LogP contribution < -0.4 is 0 Å². The van der Waals surface area contributed by atoms with E-state index >= 15 is 0 Å². The van der Waals surface area contributed by atoms with Crippen molar-refractivity contribution in [3.8, 4) is 0 Å². The first-order chi connectivity index (χ1) is 5.29. The van der Waals surface area contributed by atoms with Gasteiger partial charge in [-0.15, -0.1) is 0 Å². The fourth-order valence-corrected chi connectivity index (χ4v) is 1.31. The van der Waals surface area contributed by atoms with Gasteiger partial charge in [0.2, 0.25) is 0 Å². The lowest BCUT2D eigenvalue weighted by atomic mass is 10.1. The molecular weight excluding hydrogens is 138 g/mol. The van der Waals surface area contributed by atoms with Gasteiger partial charge in [-0.1, -0.05) is 20.3 Å². The topological polar surface area (TPSA) is 20.3 Å². The minimum atomic E-state index is 0.405. The molecule has 2 heteroatoms. The molecular formula is C9H18NO. The molecule has 65 valence electrons. The number of amides is 1. The summed E-state index contributed by atoms with van der Waals surface area (Å²) in [6, 6.07) is 0.405. The predicted octanol–water partition coefficient (Wildman–Crippen LogP) is 1.95. The highest BCUT2D eigenvalue weighted by Gasteiger charge is 2.11. The van der Waals surface area contributed by atoms with Gasteiger partial charge in [0.1, 0.15) is 0 Å². The van der Waals surface area contributed by atoms with Crippen molar-refractivity contribution < 1.29 is 4.79 Å². The largest absolute Gasteiger partial charge is 0.332 e. The molecule has 0 saturated carbocycles. The Hall–Kier alpha value is -0.530. The van der Waals surface area contributed by atoms with Crippen LogP contribution in [0.3, 0.4) is 0 Å². The van der Waals surface area contributed by atoms with Gasteiger partial charge in [-0.3, -0.25) is 4.79 Å². The molecule has 0 saturated heterocycles. The molecule has 1 radical (unpaired) electrons. The Kier molecular flexibility index (Phi) is 5.90. The lowest BCUT2D eigenvalue weighted by Gasteiger charge is -2.24. The van der Waals surface area contributed by atoms with Gasteiger partial charge in [-0.25, -0.2) is 0 Å². The summed E-state index contributed by atoms with van der Waals surface area (Å²) in [5.74, 6) is 0. The van der Waals surface area contributed by atoms with Crippen LogP contribution in [0.15, 0.2) is 0 Å². The monoisotopic (exact) mass is 156 g/mol. The van der Waals surface area contributed by atoms with Gasteiger partial charge >= 0.3 is 6.41 Å². The predicted molar refractivity (Wildman–Crippen MR) is 47.1 cm³/mol. The number of nitrogens with zero attached hydrogens (tertiary/aromatic N) is 1. The van der Waals surface area contributed by atoms with E-state index in [1.807, 2.05) is 13.3 Å². The van der Waals surface area contributed by atoms with E-state index < -0.39 is 0 Å². The van der Waals surface area contributed by atoms with Crippen LogP contribution in [0.25, 0.3) is 0 Å². The fraction of sp³-hybridized carbons (Fsp3) is 0.889. The lowest BCUT2D eigenvalue weighted by Crippen LogP contribution is -2.33. The summed E-state index contributed by atoms with van der Waals surface area (Å²) in [5, 5.41) is 0. The van der Waals surface area contributed by atoms with Gasteiger partial charge in [0, 0.05) is 12.6 Å². The van der Waals surface area contributed by atoms with Crippen LogP contribution in [0.5, 0.6) is 0 Å². The van der Waals surface area contributed by atoms with Crippen molar-refractivity contribution in [1.29, 1.82) is 0 Å². The Balaban J connectivity index is 3.86. The quantitative estimate of drug-likeness (QED) is 0.538. The smallest absolute Gasteiger partial charge is 0.312 e. The summed E-state index contributed by atoms with van der Waals surface area (Å²) >= 11 is 0. The Morgan fingerprint density at radius 1 is 1.36 bits per heavy atom. The minimum absolute atomic E-state index is 0.405. The molecule has 1 amide bonds. The van der Waals surface area contributed by atoms with Gasteiger partial charge in [-0.05, 0) is 19.8 Å². The average molecular weight is 156 g/mol. The molecule has 1 unspecified atom stereocenters. The van der Waals surface area contributed by atoms with E-state index in [0.717, 1.165) is 25.8 Å². The average Bonchev–Trinajstić information content (AvgIpc) is 2.05. The molecule has 0 aromatic rings. The molecule has 0 aliphatic carbocycles. The summed E-state index contributed by atoms with van der Waals surface area (Å²) in [6.07, 6.45) is 5.24. The van der Waals surface area contributed by atoms with Crippen LogP contribution in [0.2, 0.25) is 0 Å². The Morgan fingerprint density at radius 2 is 2.00 bits per heavy atom. The van der Waals surface area contributed by atoms with E-state index in [1.54, 1.807) is 4.90 Å². The first-order valence-electron chi connectivity index (χ1n) is 4.44. The maximum atomic E-state index is 10.4. The second kappa shape index (κ2) is 6.20. The first kappa shape index (κ1) is 10.5. The van der Waals surface area contributed by atoms with Crippen LogP contribution in [0.4, 0.5) is 0 Å². The van der Waals surface area contributed by atoms with E-state index in [1.165, 1.54) is 0 Å². The van der Waals surface area contributed by atoms with Crippen molar-refractivity contribution in [3.05, 3.63) is 0 Å². The van der Waals surface area contributed by atoms with E-state index in [9.17, 15) is 4.79 Å². The fourth-order valence-electron chi connectivity index (χ4n) is 1.31. The third-order valence-electron chi connectivity index (χ3n) is 1.99. The highest BCUT2D eigenvalue weighted by Crippen LogP contribution is 2.08. The van der Waals surface area contributed by atoms with Gasteiger partial charge in [0.15, 0.2) is 0 Å². The van der Waals surface area contributed by atoms with Crippen molar-refractivity contribution in [2.24, 2.45) is 0 Å². The molecule has 0 fully saturated rings. The maximum absolute atomic E-state index is 10.4. The summed E-state index contributed by atoms with van der Waals surface area (Å²) in [4.78, 5) is 12.2. The third kappa shape index (κ3) is 3.40. The molecule has 0 aromatic carbocycles.